The summed E-state index contributed by atoms with van der Waals surface area (Å²) in [5, 5.41) is 0. The van der Waals surface area contributed by atoms with Gasteiger partial charge < -0.3 is 10.7 Å². The van der Waals surface area contributed by atoms with Gasteiger partial charge in [-0.2, -0.15) is 4.98 Å². The standard InChI is InChI=1S/C9H13N5O/c1-4(2)3-5-11-6-7(12-5)13-9(10)14-8(6)15/h4H,3H2,1-2H3,(H4,10,11,12,13,14,15). The summed E-state index contributed by atoms with van der Waals surface area (Å²) >= 11 is 0. The Morgan fingerprint density at radius 1 is 1.33 bits per heavy atom. The first-order valence-corrected chi connectivity index (χ1v) is 4.80. The molecule has 0 radical (unpaired) electrons. The Morgan fingerprint density at radius 3 is 2.73 bits per heavy atom. The molecule has 0 unspecified atom stereocenters. The highest BCUT2D eigenvalue weighted by molar-refractivity contribution is 5.70. The molecule has 0 spiro atoms. The monoisotopic (exact) mass is 207 g/mol. The normalized spacial score (nSPS) is 11.4. The van der Waals surface area contributed by atoms with E-state index in [1.165, 1.54) is 0 Å². The number of imidazole rings is 1. The van der Waals surface area contributed by atoms with Crippen LogP contribution in [0, 0.1) is 5.92 Å². The van der Waals surface area contributed by atoms with E-state index >= 15 is 0 Å². The van der Waals surface area contributed by atoms with E-state index in [4.69, 9.17) is 5.73 Å². The van der Waals surface area contributed by atoms with Crippen LogP contribution in [0.2, 0.25) is 0 Å². The van der Waals surface area contributed by atoms with Crippen molar-refractivity contribution in [3.63, 3.8) is 0 Å². The van der Waals surface area contributed by atoms with Crippen molar-refractivity contribution < 1.29 is 0 Å². The first kappa shape index (κ1) is 9.70. The number of nitrogens with zero attached hydrogens (tertiary/aromatic N) is 2. The molecule has 2 heterocycles. The van der Waals surface area contributed by atoms with Crippen LogP contribution in [-0.4, -0.2) is 19.9 Å². The van der Waals surface area contributed by atoms with Gasteiger partial charge in [-0.15, -0.1) is 0 Å². The number of rotatable bonds is 2. The van der Waals surface area contributed by atoms with E-state index in [9.17, 15) is 4.79 Å². The molecule has 0 aliphatic carbocycles. The van der Waals surface area contributed by atoms with E-state index in [0.29, 0.717) is 17.1 Å². The van der Waals surface area contributed by atoms with Crippen molar-refractivity contribution in [3.8, 4) is 0 Å². The number of aromatic nitrogens is 4. The molecule has 0 aliphatic heterocycles. The van der Waals surface area contributed by atoms with Crippen molar-refractivity contribution in [1.82, 2.24) is 19.9 Å². The molecule has 2 aromatic rings. The van der Waals surface area contributed by atoms with Crippen molar-refractivity contribution in [2.75, 3.05) is 5.73 Å². The fraction of sp³-hybridized carbons (Fsp3) is 0.444. The van der Waals surface area contributed by atoms with Gasteiger partial charge in [-0.3, -0.25) is 9.78 Å². The number of nitrogen functional groups attached to an aromatic ring is 1. The zero-order valence-electron chi connectivity index (χ0n) is 8.66. The minimum Gasteiger partial charge on any atom is -0.369 e. The summed E-state index contributed by atoms with van der Waals surface area (Å²) in [6, 6.07) is 0. The van der Waals surface area contributed by atoms with Gasteiger partial charge in [0.25, 0.3) is 5.56 Å². The number of nitrogens with one attached hydrogen (secondary N) is 2. The summed E-state index contributed by atoms with van der Waals surface area (Å²) in [6.45, 7) is 4.17. The maximum absolute atomic E-state index is 11.5. The molecule has 2 rings (SSSR count). The van der Waals surface area contributed by atoms with Crippen LogP contribution in [0.5, 0.6) is 0 Å². The van der Waals surface area contributed by atoms with Gasteiger partial charge in [0.2, 0.25) is 5.95 Å². The minimum atomic E-state index is -0.278. The van der Waals surface area contributed by atoms with Gasteiger partial charge in [0, 0.05) is 6.42 Å². The molecule has 2 aromatic heterocycles. The van der Waals surface area contributed by atoms with Crippen LogP contribution in [0.4, 0.5) is 5.95 Å². The Balaban J connectivity index is 2.55. The summed E-state index contributed by atoms with van der Waals surface area (Å²) in [4.78, 5) is 25.0. The van der Waals surface area contributed by atoms with Crippen LogP contribution >= 0.6 is 0 Å². The van der Waals surface area contributed by atoms with Crippen molar-refractivity contribution in [1.29, 1.82) is 0 Å². The Kier molecular flexibility index (Phi) is 2.18. The van der Waals surface area contributed by atoms with E-state index < -0.39 is 0 Å². The number of anilines is 1. The lowest BCUT2D eigenvalue weighted by molar-refractivity contribution is 0.627. The summed E-state index contributed by atoms with van der Waals surface area (Å²) in [5.74, 6) is 1.33. The first-order chi connectivity index (χ1) is 7.06. The van der Waals surface area contributed by atoms with Crippen LogP contribution in [0.1, 0.15) is 19.7 Å². The largest absolute Gasteiger partial charge is 0.369 e. The molecular weight excluding hydrogens is 194 g/mol. The second-order valence-corrected chi connectivity index (χ2v) is 3.93. The third-order valence-electron chi connectivity index (χ3n) is 2.03. The topological polar surface area (TPSA) is 100 Å². The molecule has 6 heteroatoms. The highest BCUT2D eigenvalue weighted by Crippen LogP contribution is 2.08. The fourth-order valence-electron chi connectivity index (χ4n) is 1.46. The van der Waals surface area contributed by atoms with Gasteiger partial charge in [-0.05, 0) is 5.92 Å². The van der Waals surface area contributed by atoms with Crippen LogP contribution in [0.25, 0.3) is 11.2 Å². The summed E-state index contributed by atoms with van der Waals surface area (Å²) in [5.41, 5.74) is 5.91. The van der Waals surface area contributed by atoms with Gasteiger partial charge in [0.1, 0.15) is 5.82 Å². The Labute approximate surface area is 85.9 Å². The van der Waals surface area contributed by atoms with Crippen molar-refractivity contribution in [2.24, 2.45) is 5.92 Å². The van der Waals surface area contributed by atoms with Crippen molar-refractivity contribution >= 4 is 17.1 Å². The van der Waals surface area contributed by atoms with E-state index in [0.717, 1.165) is 12.2 Å². The van der Waals surface area contributed by atoms with Crippen molar-refractivity contribution in [3.05, 3.63) is 16.2 Å². The highest BCUT2D eigenvalue weighted by atomic mass is 16.1. The van der Waals surface area contributed by atoms with Crippen molar-refractivity contribution in [2.45, 2.75) is 20.3 Å². The van der Waals surface area contributed by atoms with E-state index in [1.54, 1.807) is 0 Å². The highest BCUT2D eigenvalue weighted by Gasteiger charge is 2.09. The van der Waals surface area contributed by atoms with Gasteiger partial charge in [0.05, 0.1) is 0 Å². The summed E-state index contributed by atoms with van der Waals surface area (Å²) in [6.07, 6.45) is 0.787. The predicted molar refractivity (Wildman–Crippen MR) is 57.5 cm³/mol. The molecular formula is C9H13N5O. The van der Waals surface area contributed by atoms with E-state index in [-0.39, 0.29) is 11.5 Å². The molecule has 15 heavy (non-hydrogen) atoms. The summed E-state index contributed by atoms with van der Waals surface area (Å²) < 4.78 is 0. The maximum atomic E-state index is 11.5. The number of hydrogen-bond donors (Lipinski definition) is 3. The molecule has 0 saturated carbocycles. The molecule has 0 fully saturated rings. The molecule has 0 aliphatic rings. The lowest BCUT2D eigenvalue weighted by atomic mass is 10.1. The summed E-state index contributed by atoms with van der Waals surface area (Å²) in [7, 11) is 0. The maximum Gasteiger partial charge on any atom is 0.278 e. The van der Waals surface area contributed by atoms with Crippen LogP contribution in [-0.2, 0) is 6.42 Å². The average Bonchev–Trinajstić information content (AvgIpc) is 2.45. The third-order valence-corrected chi connectivity index (χ3v) is 2.03. The SMILES string of the molecule is CC(C)Cc1nc2nc(N)[nH]c(=O)c2[nH]1. The molecule has 0 aromatic carbocycles. The molecule has 0 atom stereocenters. The van der Waals surface area contributed by atoms with Gasteiger partial charge in [0.15, 0.2) is 11.2 Å². The molecule has 80 valence electrons. The lowest BCUT2D eigenvalue weighted by Crippen LogP contribution is -2.10. The fourth-order valence-corrected chi connectivity index (χ4v) is 1.46. The third kappa shape index (κ3) is 1.83. The Hall–Kier alpha value is -1.85. The number of nitrogens with two attached hydrogens (primary N) is 1. The molecule has 4 N–H and O–H groups in total. The molecule has 6 nitrogen and oxygen atoms in total. The van der Waals surface area contributed by atoms with Crippen LogP contribution < -0.4 is 11.3 Å². The Bertz CT molecular complexity index is 539. The quantitative estimate of drug-likeness (QED) is 0.664. The molecule has 0 saturated heterocycles. The van der Waals surface area contributed by atoms with Crippen LogP contribution in [0.3, 0.4) is 0 Å². The zero-order chi connectivity index (χ0) is 11.0. The molecule has 0 amide bonds. The number of aromatic amines is 2. The zero-order valence-corrected chi connectivity index (χ0v) is 8.66. The number of fused-ring (bicyclic) bond motifs is 1. The minimum absolute atomic E-state index is 0.0927. The van der Waals surface area contributed by atoms with Crippen LogP contribution in [0.15, 0.2) is 4.79 Å². The number of H-pyrrole nitrogens is 2. The predicted octanol–water partition coefficient (Wildman–Crippen LogP) is 0.427. The second-order valence-electron chi connectivity index (χ2n) is 3.93. The average molecular weight is 207 g/mol. The molecule has 0 bridgehead atoms. The first-order valence-electron chi connectivity index (χ1n) is 4.80. The smallest absolute Gasteiger partial charge is 0.278 e. The van der Waals surface area contributed by atoms with Gasteiger partial charge >= 0.3 is 0 Å². The van der Waals surface area contributed by atoms with Gasteiger partial charge in [-0.1, -0.05) is 13.8 Å². The second kappa shape index (κ2) is 3.38. The van der Waals surface area contributed by atoms with E-state index in [1.807, 2.05) is 0 Å². The van der Waals surface area contributed by atoms with Gasteiger partial charge in [-0.25, -0.2) is 4.98 Å². The lowest BCUT2D eigenvalue weighted by Gasteiger charge is -1.98. The Morgan fingerprint density at radius 2 is 2.07 bits per heavy atom. The number of hydrogen-bond acceptors (Lipinski definition) is 4. The van der Waals surface area contributed by atoms with E-state index in [2.05, 4.69) is 33.8 Å².